The van der Waals surface area contributed by atoms with Gasteiger partial charge in [-0.1, -0.05) is 6.92 Å². The van der Waals surface area contributed by atoms with Crippen molar-refractivity contribution in [2.75, 3.05) is 0 Å². The SMILES string of the molecule is C=NC1C[C@H]1C. The molecule has 0 spiro atoms. The average molecular weight is 83.1 g/mol. The Balaban J connectivity index is 2.25. The summed E-state index contributed by atoms with van der Waals surface area (Å²) in [5.41, 5.74) is 0. The van der Waals surface area contributed by atoms with E-state index in [0.29, 0.717) is 6.04 Å². The summed E-state index contributed by atoms with van der Waals surface area (Å²) in [5, 5.41) is 0. The first-order chi connectivity index (χ1) is 2.84. The molecular weight excluding hydrogens is 74.1 g/mol. The molecule has 1 unspecified atom stereocenters. The van der Waals surface area contributed by atoms with E-state index in [1.807, 2.05) is 0 Å². The van der Waals surface area contributed by atoms with E-state index in [9.17, 15) is 0 Å². The highest BCUT2D eigenvalue weighted by atomic mass is 14.8. The molecule has 0 radical (unpaired) electrons. The normalized spacial score (nSPS) is 42.2. The number of hydrogen-bond acceptors (Lipinski definition) is 1. The molecule has 1 aliphatic rings. The van der Waals surface area contributed by atoms with Crippen LogP contribution in [0.4, 0.5) is 0 Å². The topological polar surface area (TPSA) is 12.4 Å². The maximum atomic E-state index is 3.83. The molecule has 1 aliphatic carbocycles. The highest BCUT2D eigenvalue weighted by Crippen LogP contribution is 2.31. The second-order valence-corrected chi connectivity index (χ2v) is 1.96. The first kappa shape index (κ1) is 3.85. The Labute approximate surface area is 38.1 Å². The minimum absolute atomic E-state index is 0.616. The first-order valence-corrected chi connectivity index (χ1v) is 2.30. The van der Waals surface area contributed by atoms with Crippen LogP contribution in [-0.2, 0) is 0 Å². The number of nitrogens with zero attached hydrogens (tertiary/aromatic N) is 1. The van der Waals surface area contributed by atoms with Crippen LogP contribution < -0.4 is 0 Å². The van der Waals surface area contributed by atoms with Crippen LogP contribution in [0.1, 0.15) is 13.3 Å². The smallest absolute Gasteiger partial charge is 0.0522 e. The minimum Gasteiger partial charge on any atom is -0.297 e. The quantitative estimate of drug-likeness (QED) is 0.421. The molecule has 0 aromatic carbocycles. The molecule has 0 heterocycles. The van der Waals surface area contributed by atoms with Gasteiger partial charge in [0.05, 0.1) is 6.04 Å². The maximum absolute atomic E-state index is 3.83. The van der Waals surface area contributed by atoms with Crippen molar-refractivity contribution < 1.29 is 0 Å². The standard InChI is InChI=1S/C5H9N/c1-4-3-5(4)6-2/h4-5H,2-3H2,1H3/t4-,5?/m1/s1. The summed E-state index contributed by atoms with van der Waals surface area (Å²) in [6, 6.07) is 0.616. The van der Waals surface area contributed by atoms with Crippen molar-refractivity contribution in [1.82, 2.24) is 0 Å². The Kier molecular flexibility index (Phi) is 0.685. The van der Waals surface area contributed by atoms with Gasteiger partial charge in [0.15, 0.2) is 0 Å². The fourth-order valence-corrected chi connectivity index (χ4v) is 0.557. The molecule has 6 heavy (non-hydrogen) atoms. The highest BCUT2D eigenvalue weighted by Gasteiger charge is 2.30. The molecule has 1 rings (SSSR count). The molecule has 0 aromatic heterocycles. The lowest BCUT2D eigenvalue weighted by Gasteiger charge is -1.73. The van der Waals surface area contributed by atoms with Crippen molar-refractivity contribution in [2.45, 2.75) is 19.4 Å². The molecule has 0 bridgehead atoms. The van der Waals surface area contributed by atoms with Crippen molar-refractivity contribution in [3.8, 4) is 0 Å². The van der Waals surface area contributed by atoms with E-state index in [2.05, 4.69) is 18.6 Å². The Morgan fingerprint density at radius 1 is 1.83 bits per heavy atom. The van der Waals surface area contributed by atoms with Gasteiger partial charge in [0.25, 0.3) is 0 Å². The van der Waals surface area contributed by atoms with Gasteiger partial charge in [-0.05, 0) is 19.1 Å². The first-order valence-electron chi connectivity index (χ1n) is 2.30. The molecule has 2 atom stereocenters. The van der Waals surface area contributed by atoms with Crippen molar-refractivity contribution >= 4 is 6.72 Å². The molecule has 1 heteroatoms. The zero-order valence-corrected chi connectivity index (χ0v) is 4.02. The summed E-state index contributed by atoms with van der Waals surface area (Å²) in [6.45, 7) is 5.62. The molecule has 1 nitrogen and oxygen atoms in total. The predicted octanol–water partition coefficient (Wildman–Crippen LogP) is 1.10. The Hall–Kier alpha value is -0.330. The van der Waals surface area contributed by atoms with Crippen molar-refractivity contribution in [3.05, 3.63) is 0 Å². The van der Waals surface area contributed by atoms with E-state index >= 15 is 0 Å². The van der Waals surface area contributed by atoms with Crippen molar-refractivity contribution in [3.63, 3.8) is 0 Å². The van der Waals surface area contributed by atoms with Crippen LogP contribution in [-0.4, -0.2) is 12.8 Å². The monoisotopic (exact) mass is 83.1 g/mol. The van der Waals surface area contributed by atoms with E-state index in [4.69, 9.17) is 0 Å². The maximum Gasteiger partial charge on any atom is 0.0522 e. The zero-order chi connectivity index (χ0) is 4.57. The van der Waals surface area contributed by atoms with Gasteiger partial charge in [-0.3, -0.25) is 4.99 Å². The molecule has 0 amide bonds. The Morgan fingerprint density at radius 2 is 2.33 bits per heavy atom. The largest absolute Gasteiger partial charge is 0.297 e. The molecule has 34 valence electrons. The van der Waals surface area contributed by atoms with Gasteiger partial charge in [0.1, 0.15) is 0 Å². The molecule has 1 saturated carbocycles. The lowest BCUT2D eigenvalue weighted by Crippen LogP contribution is -1.72. The van der Waals surface area contributed by atoms with Crippen LogP contribution in [0, 0.1) is 5.92 Å². The van der Waals surface area contributed by atoms with Crippen LogP contribution in [0.2, 0.25) is 0 Å². The second kappa shape index (κ2) is 1.07. The van der Waals surface area contributed by atoms with Gasteiger partial charge in [-0.2, -0.15) is 0 Å². The Morgan fingerprint density at radius 3 is 2.33 bits per heavy atom. The van der Waals surface area contributed by atoms with Gasteiger partial charge in [-0.15, -0.1) is 0 Å². The van der Waals surface area contributed by atoms with Gasteiger partial charge < -0.3 is 0 Å². The molecule has 1 fully saturated rings. The second-order valence-electron chi connectivity index (χ2n) is 1.96. The minimum atomic E-state index is 0.616. The third-order valence-corrected chi connectivity index (χ3v) is 1.30. The number of rotatable bonds is 1. The van der Waals surface area contributed by atoms with Crippen LogP contribution in [0.5, 0.6) is 0 Å². The van der Waals surface area contributed by atoms with Crippen LogP contribution in [0.25, 0.3) is 0 Å². The van der Waals surface area contributed by atoms with Crippen molar-refractivity contribution in [2.24, 2.45) is 10.9 Å². The summed E-state index contributed by atoms with van der Waals surface area (Å²) in [6.07, 6.45) is 1.27. The fourth-order valence-electron chi connectivity index (χ4n) is 0.557. The average Bonchev–Trinajstić information content (AvgIpc) is 2.19. The molecular formula is C5H9N. The Bertz CT molecular complexity index is 68.3. The molecule has 0 saturated heterocycles. The van der Waals surface area contributed by atoms with Crippen LogP contribution in [0.3, 0.4) is 0 Å². The van der Waals surface area contributed by atoms with Gasteiger partial charge in [0, 0.05) is 0 Å². The third kappa shape index (κ3) is 0.445. The summed E-state index contributed by atoms with van der Waals surface area (Å²) >= 11 is 0. The summed E-state index contributed by atoms with van der Waals surface area (Å²) < 4.78 is 0. The highest BCUT2D eigenvalue weighted by molar-refractivity contribution is 5.25. The summed E-state index contributed by atoms with van der Waals surface area (Å²) in [5.74, 6) is 0.836. The van der Waals surface area contributed by atoms with E-state index in [0.717, 1.165) is 5.92 Å². The molecule has 0 N–H and O–H groups in total. The van der Waals surface area contributed by atoms with Gasteiger partial charge >= 0.3 is 0 Å². The lowest BCUT2D eigenvalue weighted by atomic mass is 10.5. The number of aliphatic imine (C=N–C) groups is 1. The van der Waals surface area contributed by atoms with E-state index < -0.39 is 0 Å². The zero-order valence-electron chi connectivity index (χ0n) is 4.02. The van der Waals surface area contributed by atoms with Crippen LogP contribution in [0.15, 0.2) is 4.99 Å². The number of hydrogen-bond donors (Lipinski definition) is 0. The van der Waals surface area contributed by atoms with E-state index in [-0.39, 0.29) is 0 Å². The van der Waals surface area contributed by atoms with Crippen molar-refractivity contribution in [1.29, 1.82) is 0 Å². The van der Waals surface area contributed by atoms with Gasteiger partial charge in [0.2, 0.25) is 0 Å². The summed E-state index contributed by atoms with van der Waals surface area (Å²) in [7, 11) is 0. The molecule has 0 aliphatic heterocycles. The van der Waals surface area contributed by atoms with E-state index in [1.54, 1.807) is 0 Å². The van der Waals surface area contributed by atoms with E-state index in [1.165, 1.54) is 6.42 Å². The third-order valence-electron chi connectivity index (χ3n) is 1.30. The molecule has 0 aromatic rings. The predicted molar refractivity (Wildman–Crippen MR) is 27.1 cm³/mol. The summed E-state index contributed by atoms with van der Waals surface area (Å²) in [4.78, 5) is 3.83. The fraction of sp³-hybridized carbons (Fsp3) is 0.800. The van der Waals surface area contributed by atoms with Crippen LogP contribution >= 0.6 is 0 Å². The van der Waals surface area contributed by atoms with Gasteiger partial charge in [-0.25, -0.2) is 0 Å². The lowest BCUT2D eigenvalue weighted by molar-refractivity contribution is 0.901.